The lowest BCUT2D eigenvalue weighted by atomic mass is 9.87. The van der Waals surface area contributed by atoms with Gasteiger partial charge < -0.3 is 10.4 Å². The van der Waals surface area contributed by atoms with E-state index in [1.165, 1.54) is 16.7 Å². The van der Waals surface area contributed by atoms with Gasteiger partial charge in [0.2, 0.25) is 5.91 Å². The molecule has 1 aromatic heterocycles. The molecule has 39 heavy (non-hydrogen) atoms. The second-order valence-corrected chi connectivity index (χ2v) is 10.5. The summed E-state index contributed by atoms with van der Waals surface area (Å²) in [4.78, 5) is 31.5. The third-order valence-electron chi connectivity index (χ3n) is 7.93. The van der Waals surface area contributed by atoms with Crippen LogP contribution in [0, 0.1) is 5.92 Å². The van der Waals surface area contributed by atoms with Crippen molar-refractivity contribution in [2.24, 2.45) is 5.92 Å². The largest absolute Gasteiger partial charge is 0.478 e. The monoisotopic (exact) mass is 517 g/mol. The normalized spacial score (nSPS) is 18.3. The molecule has 1 fully saturated rings. The number of pyridine rings is 1. The molecule has 0 saturated heterocycles. The summed E-state index contributed by atoms with van der Waals surface area (Å²) in [6.45, 7) is 2.86. The van der Waals surface area contributed by atoms with Crippen molar-refractivity contribution < 1.29 is 14.7 Å². The number of aromatic nitrogens is 1. The van der Waals surface area contributed by atoms with Gasteiger partial charge in [-0.15, -0.1) is 0 Å². The van der Waals surface area contributed by atoms with E-state index < -0.39 is 5.97 Å². The van der Waals surface area contributed by atoms with Crippen LogP contribution in [-0.4, -0.2) is 33.4 Å². The fourth-order valence-electron chi connectivity index (χ4n) is 5.77. The minimum absolute atomic E-state index is 0.0295. The Morgan fingerprint density at radius 3 is 2.59 bits per heavy atom. The van der Waals surface area contributed by atoms with E-state index in [4.69, 9.17) is 0 Å². The van der Waals surface area contributed by atoms with E-state index in [0.717, 1.165) is 54.9 Å². The third-order valence-corrected chi connectivity index (χ3v) is 7.93. The highest BCUT2D eigenvalue weighted by atomic mass is 16.4. The lowest BCUT2D eigenvalue weighted by Gasteiger charge is -2.32. The third kappa shape index (κ3) is 5.47. The molecule has 6 nitrogen and oxygen atoms in total. The zero-order valence-electron chi connectivity index (χ0n) is 21.7. The van der Waals surface area contributed by atoms with Crippen LogP contribution < -0.4 is 5.32 Å². The Labute approximate surface area is 228 Å². The predicted molar refractivity (Wildman–Crippen MR) is 150 cm³/mol. The number of hydrogen-bond acceptors (Lipinski definition) is 4. The number of carbonyl (C=O) groups is 2. The minimum Gasteiger partial charge on any atom is -0.478 e. The SMILES string of the molecule is O=C(O)c1cccc(-c2ccc(CNC(=O)[C@H]3C[C@@H]3c3ccccc3)c3c2CCN(Cc2ccccn2)C3)c1. The molecule has 2 aliphatic rings. The summed E-state index contributed by atoms with van der Waals surface area (Å²) in [5.41, 5.74) is 8.06. The van der Waals surface area contributed by atoms with Crippen LogP contribution in [-0.2, 0) is 30.8 Å². The Bertz CT molecular complexity index is 1500. The maximum atomic E-state index is 13.0. The molecule has 1 aliphatic carbocycles. The summed E-state index contributed by atoms with van der Waals surface area (Å²) < 4.78 is 0. The van der Waals surface area contributed by atoms with E-state index in [-0.39, 0.29) is 17.4 Å². The topological polar surface area (TPSA) is 82.5 Å². The number of hydrogen-bond donors (Lipinski definition) is 2. The van der Waals surface area contributed by atoms with E-state index in [1.807, 2.05) is 48.7 Å². The molecule has 6 heteroatoms. The Kier molecular flexibility index (Phi) is 6.95. The van der Waals surface area contributed by atoms with Gasteiger partial charge in [-0.3, -0.25) is 14.7 Å². The fourth-order valence-corrected chi connectivity index (χ4v) is 5.77. The van der Waals surface area contributed by atoms with E-state index in [0.29, 0.717) is 12.5 Å². The average molecular weight is 518 g/mol. The minimum atomic E-state index is -0.930. The number of carboxylic acids is 1. The highest BCUT2D eigenvalue weighted by Crippen LogP contribution is 2.47. The molecule has 1 saturated carbocycles. The van der Waals surface area contributed by atoms with Gasteiger partial charge >= 0.3 is 5.97 Å². The van der Waals surface area contributed by atoms with Crippen molar-refractivity contribution in [3.63, 3.8) is 0 Å². The van der Waals surface area contributed by atoms with Crippen molar-refractivity contribution in [2.75, 3.05) is 6.54 Å². The quantitative estimate of drug-likeness (QED) is 0.326. The summed E-state index contributed by atoms with van der Waals surface area (Å²) in [5, 5.41) is 12.7. The van der Waals surface area contributed by atoms with Crippen LogP contribution >= 0.6 is 0 Å². The number of nitrogens with one attached hydrogen (secondary N) is 1. The lowest BCUT2D eigenvalue weighted by Crippen LogP contribution is -2.33. The van der Waals surface area contributed by atoms with E-state index in [1.54, 1.807) is 18.2 Å². The lowest BCUT2D eigenvalue weighted by molar-refractivity contribution is -0.122. The molecule has 0 spiro atoms. The van der Waals surface area contributed by atoms with Crippen LogP contribution in [0.15, 0.2) is 91.1 Å². The first-order chi connectivity index (χ1) is 19.1. The molecule has 0 radical (unpaired) electrons. The molecule has 2 atom stereocenters. The van der Waals surface area contributed by atoms with Crippen molar-refractivity contribution in [1.82, 2.24) is 15.2 Å². The van der Waals surface area contributed by atoms with Crippen LogP contribution in [0.2, 0.25) is 0 Å². The first-order valence-electron chi connectivity index (χ1n) is 13.5. The maximum Gasteiger partial charge on any atom is 0.335 e. The van der Waals surface area contributed by atoms with Crippen molar-refractivity contribution in [3.05, 3.63) is 125 Å². The van der Waals surface area contributed by atoms with Gasteiger partial charge in [-0.2, -0.15) is 0 Å². The van der Waals surface area contributed by atoms with Crippen molar-refractivity contribution in [3.8, 4) is 11.1 Å². The number of fused-ring (bicyclic) bond motifs is 1. The zero-order chi connectivity index (χ0) is 26.8. The van der Waals surface area contributed by atoms with Gasteiger partial charge in [0.05, 0.1) is 11.3 Å². The second-order valence-electron chi connectivity index (χ2n) is 10.5. The maximum absolute atomic E-state index is 13.0. The number of rotatable bonds is 8. The number of carbonyl (C=O) groups excluding carboxylic acids is 1. The van der Waals surface area contributed by atoms with Gasteiger partial charge in [0.25, 0.3) is 0 Å². The Balaban J connectivity index is 1.25. The summed E-state index contributed by atoms with van der Waals surface area (Å²) in [6, 6.07) is 27.6. The van der Waals surface area contributed by atoms with Gasteiger partial charge in [-0.1, -0.05) is 60.7 Å². The Hall–Kier alpha value is -4.29. The number of aromatic carboxylic acids is 1. The van der Waals surface area contributed by atoms with Crippen molar-refractivity contribution in [1.29, 1.82) is 0 Å². The van der Waals surface area contributed by atoms with Gasteiger partial charge in [0.15, 0.2) is 0 Å². The van der Waals surface area contributed by atoms with E-state index in [9.17, 15) is 14.7 Å². The molecule has 1 aliphatic heterocycles. The molecule has 1 amide bonds. The highest BCUT2D eigenvalue weighted by molar-refractivity contribution is 5.89. The summed E-state index contributed by atoms with van der Waals surface area (Å²) in [7, 11) is 0. The Morgan fingerprint density at radius 2 is 1.79 bits per heavy atom. The van der Waals surface area contributed by atoms with Crippen LogP contribution in [0.5, 0.6) is 0 Å². The molecule has 2 N–H and O–H groups in total. The van der Waals surface area contributed by atoms with Gasteiger partial charge in [-0.05, 0) is 76.4 Å². The van der Waals surface area contributed by atoms with Crippen molar-refractivity contribution in [2.45, 2.75) is 38.4 Å². The molecule has 0 bridgehead atoms. The number of benzene rings is 3. The van der Waals surface area contributed by atoms with Crippen LogP contribution in [0.3, 0.4) is 0 Å². The van der Waals surface area contributed by atoms with Crippen LogP contribution in [0.1, 0.15) is 50.6 Å². The van der Waals surface area contributed by atoms with Crippen molar-refractivity contribution >= 4 is 11.9 Å². The molecule has 6 rings (SSSR count). The average Bonchev–Trinajstić information content (AvgIpc) is 3.78. The molecular formula is C33H31N3O3. The molecule has 4 aromatic rings. The number of amides is 1. The first kappa shape index (κ1) is 25.0. The Morgan fingerprint density at radius 1 is 0.949 bits per heavy atom. The van der Waals surface area contributed by atoms with Gasteiger partial charge in [-0.25, -0.2) is 4.79 Å². The van der Waals surface area contributed by atoms with Gasteiger partial charge in [0.1, 0.15) is 0 Å². The fraction of sp³-hybridized carbons (Fsp3) is 0.242. The summed E-state index contributed by atoms with van der Waals surface area (Å²) in [5.74, 6) is -0.489. The standard InChI is InChI=1S/C33H31N3O3/c37-32(30-18-29(30)22-7-2-1-3-8-22)35-19-25-12-13-27(23-9-6-10-24(17-23)33(38)39)28-14-16-36(21-31(25)28)20-26-11-4-5-15-34-26/h1-13,15,17,29-30H,14,16,18-21H2,(H,35,37)(H,38,39)/t29-,30+/m1/s1. The molecule has 3 aromatic carbocycles. The molecule has 0 unspecified atom stereocenters. The van der Waals surface area contributed by atoms with Gasteiger partial charge in [0, 0.05) is 38.3 Å². The van der Waals surface area contributed by atoms with Crippen LogP contribution in [0.4, 0.5) is 0 Å². The van der Waals surface area contributed by atoms with E-state index >= 15 is 0 Å². The molecule has 196 valence electrons. The number of carboxylic acid groups (broad SMARTS) is 1. The molecular weight excluding hydrogens is 486 g/mol. The predicted octanol–water partition coefficient (Wildman–Crippen LogP) is 5.43. The highest BCUT2D eigenvalue weighted by Gasteiger charge is 2.43. The van der Waals surface area contributed by atoms with Crippen LogP contribution in [0.25, 0.3) is 11.1 Å². The second kappa shape index (κ2) is 10.8. The smallest absolute Gasteiger partial charge is 0.335 e. The summed E-state index contributed by atoms with van der Waals surface area (Å²) >= 11 is 0. The van der Waals surface area contributed by atoms with E-state index in [2.05, 4.69) is 39.5 Å². The molecule has 2 heterocycles. The first-order valence-corrected chi connectivity index (χ1v) is 13.5. The number of nitrogens with zero attached hydrogens (tertiary/aromatic N) is 2. The summed E-state index contributed by atoms with van der Waals surface area (Å²) in [6.07, 6.45) is 3.56. The zero-order valence-corrected chi connectivity index (χ0v) is 21.7.